The first-order valence-corrected chi connectivity index (χ1v) is 9.23. The number of aromatic nitrogens is 4. The molecule has 3 aromatic rings. The highest BCUT2D eigenvalue weighted by atomic mass is 16.5. The molecule has 7 heteroatoms. The minimum Gasteiger partial charge on any atom is -0.497 e. The Morgan fingerprint density at radius 1 is 0.963 bits per heavy atom. The maximum Gasteiger partial charge on any atom is 0.250 e. The van der Waals surface area contributed by atoms with Crippen LogP contribution in [0.2, 0.25) is 0 Å². The smallest absolute Gasteiger partial charge is 0.250 e. The lowest BCUT2D eigenvalue weighted by Gasteiger charge is -2.38. The Bertz CT molecular complexity index is 873. The van der Waals surface area contributed by atoms with Gasteiger partial charge in [-0.2, -0.15) is 4.68 Å². The standard InChI is InChI=1S/C20H24N6O/c1-16(17-7-6-10-19(15-17)27-2)24-11-13-25(14-12-24)20-21-22-23-26(20)18-8-4-3-5-9-18/h3-10,15-16H,11-14H2,1-2H3. The van der Waals surface area contributed by atoms with Gasteiger partial charge in [0.25, 0.3) is 0 Å². The van der Waals surface area contributed by atoms with Crippen molar-refractivity contribution in [3.63, 3.8) is 0 Å². The van der Waals surface area contributed by atoms with Crippen molar-refractivity contribution < 1.29 is 4.74 Å². The number of rotatable bonds is 5. The summed E-state index contributed by atoms with van der Waals surface area (Å²) in [6, 6.07) is 18.7. The molecule has 0 amide bonds. The van der Waals surface area contributed by atoms with Crippen molar-refractivity contribution in [3.8, 4) is 11.4 Å². The number of hydrogen-bond donors (Lipinski definition) is 0. The van der Waals surface area contributed by atoms with Crippen LogP contribution in [0.25, 0.3) is 5.69 Å². The molecule has 0 aliphatic carbocycles. The highest BCUT2D eigenvalue weighted by Crippen LogP contribution is 2.26. The number of ether oxygens (including phenoxy) is 1. The molecule has 0 spiro atoms. The summed E-state index contributed by atoms with van der Waals surface area (Å²) < 4.78 is 7.17. The Morgan fingerprint density at radius 3 is 2.48 bits per heavy atom. The predicted molar refractivity (Wildman–Crippen MR) is 104 cm³/mol. The normalized spacial score (nSPS) is 16.3. The summed E-state index contributed by atoms with van der Waals surface area (Å²) in [6.07, 6.45) is 0. The predicted octanol–water partition coefficient (Wildman–Crippen LogP) is 2.55. The van der Waals surface area contributed by atoms with Crippen LogP contribution >= 0.6 is 0 Å². The van der Waals surface area contributed by atoms with E-state index in [0.29, 0.717) is 6.04 Å². The molecular weight excluding hydrogens is 340 g/mol. The van der Waals surface area contributed by atoms with Crippen LogP contribution < -0.4 is 9.64 Å². The van der Waals surface area contributed by atoms with Gasteiger partial charge in [0.2, 0.25) is 5.95 Å². The number of para-hydroxylation sites is 1. The third-order valence-corrected chi connectivity index (χ3v) is 5.17. The molecule has 1 aliphatic heterocycles. The monoisotopic (exact) mass is 364 g/mol. The molecule has 7 nitrogen and oxygen atoms in total. The van der Waals surface area contributed by atoms with Gasteiger partial charge in [0.1, 0.15) is 5.75 Å². The summed E-state index contributed by atoms with van der Waals surface area (Å²) in [6.45, 7) is 5.95. The first kappa shape index (κ1) is 17.5. The van der Waals surface area contributed by atoms with E-state index in [1.165, 1.54) is 5.56 Å². The van der Waals surface area contributed by atoms with E-state index in [9.17, 15) is 0 Å². The Labute approximate surface area is 159 Å². The second-order valence-corrected chi connectivity index (χ2v) is 6.70. The van der Waals surface area contributed by atoms with E-state index in [1.54, 1.807) is 11.8 Å². The number of anilines is 1. The molecule has 1 saturated heterocycles. The zero-order valence-corrected chi connectivity index (χ0v) is 15.7. The lowest BCUT2D eigenvalue weighted by Crippen LogP contribution is -2.48. The van der Waals surface area contributed by atoms with Crippen molar-refractivity contribution in [3.05, 3.63) is 60.2 Å². The fourth-order valence-electron chi connectivity index (χ4n) is 3.54. The molecule has 2 aromatic carbocycles. The molecule has 1 aromatic heterocycles. The zero-order valence-electron chi connectivity index (χ0n) is 15.7. The van der Waals surface area contributed by atoms with Gasteiger partial charge < -0.3 is 9.64 Å². The first-order chi connectivity index (χ1) is 13.3. The Kier molecular flexibility index (Phi) is 5.02. The highest BCUT2D eigenvalue weighted by Gasteiger charge is 2.25. The Hall–Kier alpha value is -2.93. The van der Waals surface area contributed by atoms with Crippen molar-refractivity contribution in [2.75, 3.05) is 38.2 Å². The van der Waals surface area contributed by atoms with Crippen molar-refractivity contribution in [1.82, 2.24) is 25.1 Å². The van der Waals surface area contributed by atoms with Crippen molar-refractivity contribution in [1.29, 1.82) is 0 Å². The van der Waals surface area contributed by atoms with Crippen molar-refractivity contribution in [2.24, 2.45) is 0 Å². The lowest BCUT2D eigenvalue weighted by molar-refractivity contribution is 0.197. The Morgan fingerprint density at radius 2 is 1.74 bits per heavy atom. The molecule has 2 heterocycles. The van der Waals surface area contributed by atoms with Gasteiger partial charge in [-0.15, -0.1) is 0 Å². The molecule has 4 rings (SSSR count). The summed E-state index contributed by atoms with van der Waals surface area (Å²) >= 11 is 0. The summed E-state index contributed by atoms with van der Waals surface area (Å²) in [5.74, 6) is 1.70. The topological polar surface area (TPSA) is 59.3 Å². The van der Waals surface area contributed by atoms with Gasteiger partial charge in [-0.1, -0.05) is 35.4 Å². The van der Waals surface area contributed by atoms with Crippen LogP contribution in [-0.2, 0) is 0 Å². The van der Waals surface area contributed by atoms with Gasteiger partial charge in [0, 0.05) is 32.2 Å². The molecule has 0 saturated carbocycles. The van der Waals surface area contributed by atoms with Crippen LogP contribution in [0.1, 0.15) is 18.5 Å². The molecule has 0 bridgehead atoms. The van der Waals surface area contributed by atoms with E-state index in [-0.39, 0.29) is 0 Å². The molecule has 0 radical (unpaired) electrons. The zero-order chi connectivity index (χ0) is 18.6. The molecule has 27 heavy (non-hydrogen) atoms. The second kappa shape index (κ2) is 7.75. The SMILES string of the molecule is COc1cccc(C(C)N2CCN(c3nnnn3-c3ccccc3)CC2)c1. The molecule has 140 valence electrons. The van der Waals surface area contributed by atoms with E-state index < -0.39 is 0 Å². The van der Waals surface area contributed by atoms with Gasteiger partial charge >= 0.3 is 0 Å². The molecule has 0 N–H and O–H groups in total. The molecular formula is C20H24N6O. The molecule has 1 aliphatic rings. The molecule has 1 fully saturated rings. The van der Waals surface area contributed by atoms with E-state index >= 15 is 0 Å². The minimum absolute atomic E-state index is 0.340. The fraction of sp³-hybridized carbons (Fsp3) is 0.350. The number of nitrogens with zero attached hydrogens (tertiary/aromatic N) is 6. The van der Waals surface area contributed by atoms with Crippen LogP contribution in [0.15, 0.2) is 54.6 Å². The second-order valence-electron chi connectivity index (χ2n) is 6.70. The van der Waals surface area contributed by atoms with Crippen molar-refractivity contribution in [2.45, 2.75) is 13.0 Å². The van der Waals surface area contributed by atoms with Crippen molar-refractivity contribution >= 4 is 5.95 Å². The Balaban J connectivity index is 1.45. The number of hydrogen-bond acceptors (Lipinski definition) is 6. The first-order valence-electron chi connectivity index (χ1n) is 9.23. The van der Waals surface area contributed by atoms with E-state index in [0.717, 1.165) is 43.6 Å². The van der Waals surface area contributed by atoms with Gasteiger partial charge in [0.15, 0.2) is 0 Å². The van der Waals surface area contributed by atoms with Gasteiger partial charge in [-0.3, -0.25) is 4.90 Å². The fourth-order valence-corrected chi connectivity index (χ4v) is 3.54. The maximum atomic E-state index is 5.36. The average Bonchev–Trinajstić information content (AvgIpc) is 3.24. The lowest BCUT2D eigenvalue weighted by atomic mass is 10.1. The van der Waals surface area contributed by atoms with Crippen LogP contribution in [0.5, 0.6) is 5.75 Å². The summed E-state index contributed by atoms with van der Waals surface area (Å²) in [5.41, 5.74) is 2.25. The van der Waals surface area contributed by atoms with Gasteiger partial charge in [0.05, 0.1) is 12.8 Å². The van der Waals surface area contributed by atoms with E-state index in [2.05, 4.69) is 50.4 Å². The van der Waals surface area contributed by atoms with Crippen LogP contribution in [-0.4, -0.2) is 58.4 Å². The highest BCUT2D eigenvalue weighted by molar-refractivity contribution is 5.41. The quantitative estimate of drug-likeness (QED) is 0.693. The number of methoxy groups -OCH3 is 1. The number of benzene rings is 2. The van der Waals surface area contributed by atoms with Gasteiger partial charge in [-0.05, 0) is 47.2 Å². The van der Waals surface area contributed by atoms with E-state index in [4.69, 9.17) is 4.74 Å². The maximum absolute atomic E-state index is 5.36. The average molecular weight is 364 g/mol. The summed E-state index contributed by atoms with van der Waals surface area (Å²) in [4.78, 5) is 4.74. The third kappa shape index (κ3) is 3.64. The summed E-state index contributed by atoms with van der Waals surface area (Å²) in [5, 5.41) is 12.3. The largest absolute Gasteiger partial charge is 0.497 e. The van der Waals surface area contributed by atoms with E-state index in [1.807, 2.05) is 36.4 Å². The minimum atomic E-state index is 0.340. The van der Waals surface area contributed by atoms with Crippen LogP contribution in [0.4, 0.5) is 5.95 Å². The molecule has 1 atom stereocenters. The summed E-state index contributed by atoms with van der Waals surface area (Å²) in [7, 11) is 1.71. The number of tetrazole rings is 1. The van der Waals surface area contributed by atoms with Gasteiger partial charge in [-0.25, -0.2) is 0 Å². The van der Waals surface area contributed by atoms with Crippen LogP contribution in [0.3, 0.4) is 0 Å². The third-order valence-electron chi connectivity index (χ3n) is 5.17. The number of piperazine rings is 1. The van der Waals surface area contributed by atoms with Crippen LogP contribution in [0, 0.1) is 0 Å². The molecule has 1 unspecified atom stereocenters.